The van der Waals surface area contributed by atoms with Gasteiger partial charge in [-0.2, -0.15) is 0 Å². The third-order valence-electron chi connectivity index (χ3n) is 2.50. The summed E-state index contributed by atoms with van der Waals surface area (Å²) in [4.78, 5) is 0. The number of halogens is 1. The van der Waals surface area contributed by atoms with Crippen LogP contribution >= 0.6 is 0 Å². The van der Waals surface area contributed by atoms with E-state index >= 15 is 0 Å². The second kappa shape index (κ2) is 4.70. The molecule has 0 aromatic heterocycles. The van der Waals surface area contributed by atoms with E-state index < -0.39 is 6.10 Å². The summed E-state index contributed by atoms with van der Waals surface area (Å²) in [6.07, 6.45) is -0.799. The van der Waals surface area contributed by atoms with E-state index in [0.717, 1.165) is 0 Å². The van der Waals surface area contributed by atoms with Crippen LogP contribution in [0.15, 0.2) is 24.3 Å². The topological polar surface area (TPSA) is 41.5 Å². The third-order valence-corrected chi connectivity index (χ3v) is 2.50. The van der Waals surface area contributed by atoms with Gasteiger partial charge in [0.05, 0.1) is 25.4 Å². The number of aliphatic hydroxyl groups is 1. The first-order valence-corrected chi connectivity index (χ1v) is 5.01. The van der Waals surface area contributed by atoms with Gasteiger partial charge in [-0.25, -0.2) is 4.39 Å². The molecule has 1 saturated heterocycles. The standard InChI is InChI=1S/C11H14FNO2/c12-10-4-2-1-3-9(10)11(14)5-13-8-6-15-7-8/h1-4,8,11,13-14H,5-7H2. The molecule has 15 heavy (non-hydrogen) atoms. The lowest BCUT2D eigenvalue weighted by Gasteiger charge is -2.28. The maximum absolute atomic E-state index is 13.2. The lowest BCUT2D eigenvalue weighted by Crippen LogP contribution is -2.47. The molecule has 0 spiro atoms. The number of rotatable bonds is 4. The molecule has 1 aliphatic heterocycles. The van der Waals surface area contributed by atoms with Crippen LogP contribution in [0.2, 0.25) is 0 Å². The van der Waals surface area contributed by atoms with Gasteiger partial charge in [0.25, 0.3) is 0 Å². The minimum absolute atomic E-state index is 0.298. The van der Waals surface area contributed by atoms with E-state index in [-0.39, 0.29) is 5.82 Å². The number of aliphatic hydroxyl groups excluding tert-OH is 1. The Labute approximate surface area is 87.9 Å². The predicted molar refractivity (Wildman–Crippen MR) is 54.0 cm³/mol. The Morgan fingerprint density at radius 1 is 1.47 bits per heavy atom. The van der Waals surface area contributed by atoms with Crippen LogP contribution in [0.1, 0.15) is 11.7 Å². The van der Waals surface area contributed by atoms with E-state index in [4.69, 9.17) is 4.74 Å². The Morgan fingerprint density at radius 2 is 2.20 bits per heavy atom. The minimum atomic E-state index is -0.799. The summed E-state index contributed by atoms with van der Waals surface area (Å²) in [6.45, 7) is 1.70. The fourth-order valence-corrected chi connectivity index (χ4v) is 1.49. The SMILES string of the molecule is OC(CNC1COC1)c1ccccc1F. The molecule has 3 nitrogen and oxygen atoms in total. The van der Waals surface area contributed by atoms with Crippen LogP contribution in [0.3, 0.4) is 0 Å². The monoisotopic (exact) mass is 211 g/mol. The highest BCUT2D eigenvalue weighted by molar-refractivity contribution is 5.20. The Balaban J connectivity index is 1.89. The van der Waals surface area contributed by atoms with Crippen molar-refractivity contribution < 1.29 is 14.2 Å². The summed E-state index contributed by atoms with van der Waals surface area (Å²) in [7, 11) is 0. The van der Waals surface area contributed by atoms with E-state index in [2.05, 4.69) is 5.32 Å². The average molecular weight is 211 g/mol. The molecule has 2 rings (SSSR count). The number of benzene rings is 1. The van der Waals surface area contributed by atoms with Crippen LogP contribution in [0.4, 0.5) is 4.39 Å². The fraction of sp³-hybridized carbons (Fsp3) is 0.455. The molecule has 1 fully saturated rings. The van der Waals surface area contributed by atoms with Gasteiger partial charge in [0, 0.05) is 12.1 Å². The van der Waals surface area contributed by atoms with Gasteiger partial charge in [-0.15, -0.1) is 0 Å². The van der Waals surface area contributed by atoms with E-state index in [1.54, 1.807) is 18.2 Å². The minimum Gasteiger partial charge on any atom is -0.387 e. The van der Waals surface area contributed by atoms with Gasteiger partial charge >= 0.3 is 0 Å². The van der Waals surface area contributed by atoms with E-state index in [1.807, 2.05) is 0 Å². The van der Waals surface area contributed by atoms with Crippen molar-refractivity contribution in [2.45, 2.75) is 12.1 Å². The average Bonchev–Trinajstić information content (AvgIpc) is 2.16. The predicted octanol–water partition coefficient (Wildman–Crippen LogP) is 0.847. The molecule has 0 saturated carbocycles. The van der Waals surface area contributed by atoms with Crippen molar-refractivity contribution in [2.75, 3.05) is 19.8 Å². The number of nitrogens with one attached hydrogen (secondary N) is 1. The molecule has 1 aromatic rings. The summed E-state index contributed by atoms with van der Waals surface area (Å²) < 4.78 is 18.2. The molecule has 2 N–H and O–H groups in total. The summed E-state index contributed by atoms with van der Waals surface area (Å²) in [5, 5.41) is 12.8. The summed E-state index contributed by atoms with van der Waals surface area (Å²) in [5.74, 6) is -0.364. The smallest absolute Gasteiger partial charge is 0.129 e. The zero-order valence-electron chi connectivity index (χ0n) is 8.32. The van der Waals surface area contributed by atoms with E-state index in [9.17, 15) is 9.50 Å². The highest BCUT2D eigenvalue weighted by atomic mass is 19.1. The molecule has 0 bridgehead atoms. The van der Waals surface area contributed by atoms with E-state index in [1.165, 1.54) is 6.07 Å². The largest absolute Gasteiger partial charge is 0.387 e. The Morgan fingerprint density at radius 3 is 2.80 bits per heavy atom. The van der Waals surface area contributed by atoms with Crippen LogP contribution in [-0.2, 0) is 4.74 Å². The zero-order chi connectivity index (χ0) is 10.7. The first-order valence-electron chi connectivity index (χ1n) is 5.01. The van der Waals surface area contributed by atoms with Gasteiger partial charge < -0.3 is 15.2 Å². The molecule has 1 aromatic carbocycles. The van der Waals surface area contributed by atoms with Crippen molar-refractivity contribution in [2.24, 2.45) is 0 Å². The van der Waals surface area contributed by atoms with Crippen LogP contribution in [0.25, 0.3) is 0 Å². The van der Waals surface area contributed by atoms with Crippen LogP contribution in [-0.4, -0.2) is 30.9 Å². The van der Waals surface area contributed by atoms with Crippen molar-refractivity contribution in [3.63, 3.8) is 0 Å². The molecule has 1 aliphatic rings. The Bertz CT molecular complexity index is 328. The van der Waals surface area contributed by atoms with Gasteiger partial charge in [0.15, 0.2) is 0 Å². The number of ether oxygens (including phenoxy) is 1. The summed E-state index contributed by atoms with van der Waals surface area (Å²) in [6, 6.07) is 6.57. The number of hydrogen-bond acceptors (Lipinski definition) is 3. The molecule has 1 atom stereocenters. The molecule has 4 heteroatoms. The van der Waals surface area contributed by atoms with Gasteiger partial charge in [-0.05, 0) is 6.07 Å². The van der Waals surface area contributed by atoms with Gasteiger partial charge in [-0.3, -0.25) is 0 Å². The third kappa shape index (κ3) is 2.53. The zero-order valence-corrected chi connectivity index (χ0v) is 8.32. The second-order valence-corrected chi connectivity index (χ2v) is 3.68. The van der Waals surface area contributed by atoms with Crippen LogP contribution in [0, 0.1) is 5.82 Å². The molecule has 1 heterocycles. The number of hydrogen-bond donors (Lipinski definition) is 2. The summed E-state index contributed by atoms with van der Waals surface area (Å²) in [5.41, 5.74) is 0.338. The van der Waals surface area contributed by atoms with Crippen LogP contribution in [0.5, 0.6) is 0 Å². The first kappa shape index (κ1) is 10.5. The van der Waals surface area contributed by atoms with Crippen molar-refractivity contribution in [3.8, 4) is 0 Å². The van der Waals surface area contributed by atoms with Gasteiger partial charge in [0.1, 0.15) is 5.82 Å². The highest BCUT2D eigenvalue weighted by Gasteiger charge is 2.19. The molecular weight excluding hydrogens is 197 g/mol. The Kier molecular flexibility index (Phi) is 3.30. The molecule has 0 aliphatic carbocycles. The van der Waals surface area contributed by atoms with Crippen molar-refractivity contribution in [1.29, 1.82) is 0 Å². The summed E-state index contributed by atoms with van der Waals surface area (Å²) >= 11 is 0. The first-order chi connectivity index (χ1) is 7.27. The van der Waals surface area contributed by atoms with Crippen molar-refractivity contribution >= 4 is 0 Å². The lowest BCUT2D eigenvalue weighted by molar-refractivity contribution is -0.00993. The quantitative estimate of drug-likeness (QED) is 0.775. The van der Waals surface area contributed by atoms with E-state index in [0.29, 0.717) is 31.4 Å². The second-order valence-electron chi connectivity index (χ2n) is 3.68. The molecular formula is C11H14FNO2. The van der Waals surface area contributed by atoms with Crippen molar-refractivity contribution in [3.05, 3.63) is 35.6 Å². The lowest BCUT2D eigenvalue weighted by atomic mass is 10.1. The molecule has 0 radical (unpaired) electrons. The Hall–Kier alpha value is -0.970. The fourth-order valence-electron chi connectivity index (χ4n) is 1.49. The van der Waals surface area contributed by atoms with Gasteiger partial charge in [-0.1, -0.05) is 18.2 Å². The maximum Gasteiger partial charge on any atom is 0.129 e. The molecule has 1 unspecified atom stereocenters. The van der Waals surface area contributed by atoms with Crippen molar-refractivity contribution in [1.82, 2.24) is 5.32 Å². The maximum atomic E-state index is 13.2. The van der Waals surface area contributed by atoms with Crippen LogP contribution < -0.4 is 5.32 Å². The highest BCUT2D eigenvalue weighted by Crippen LogP contribution is 2.16. The molecule has 0 amide bonds. The normalized spacial score (nSPS) is 18.5. The van der Waals surface area contributed by atoms with Gasteiger partial charge in [0.2, 0.25) is 0 Å². The molecule has 82 valence electrons.